The van der Waals surface area contributed by atoms with Crippen molar-refractivity contribution in [3.05, 3.63) is 60.2 Å². The van der Waals surface area contributed by atoms with Crippen molar-refractivity contribution in [2.24, 2.45) is 4.99 Å². The van der Waals surface area contributed by atoms with Crippen LogP contribution in [0.4, 0.5) is 0 Å². The molecule has 2 heterocycles. The number of methoxy groups -OCH3 is 1. The molecule has 5 nitrogen and oxygen atoms in total. The van der Waals surface area contributed by atoms with Gasteiger partial charge in [0.15, 0.2) is 11.4 Å². The number of nitrogens with zero attached hydrogens (tertiary/aromatic N) is 3. The Balaban J connectivity index is 2.23. The molecule has 0 saturated heterocycles. The first-order valence-electron chi connectivity index (χ1n) is 6.14. The summed E-state index contributed by atoms with van der Waals surface area (Å²) in [6.45, 7) is 0. The average molecular weight is 267 g/mol. The molecule has 1 aliphatic heterocycles. The van der Waals surface area contributed by atoms with E-state index in [1.807, 2.05) is 12.2 Å². The molecule has 1 unspecified atom stereocenters. The molecule has 100 valence electrons. The highest BCUT2D eigenvalue weighted by Crippen LogP contribution is 2.41. The van der Waals surface area contributed by atoms with Gasteiger partial charge in [0.05, 0.1) is 7.11 Å². The number of ether oxygens (including phenoxy) is 1. The normalized spacial score (nSPS) is 20.2. The lowest BCUT2D eigenvalue weighted by Crippen LogP contribution is -2.24. The van der Waals surface area contributed by atoms with E-state index in [1.165, 1.54) is 0 Å². The Kier molecular flexibility index (Phi) is 2.95. The van der Waals surface area contributed by atoms with E-state index in [9.17, 15) is 5.11 Å². The monoisotopic (exact) mass is 267 g/mol. The van der Waals surface area contributed by atoms with Crippen LogP contribution in [0, 0.1) is 0 Å². The number of phenolic OH excluding ortho intramolecular Hbond substituents is 1. The molecule has 2 aromatic rings. The number of aromatic nitrogens is 2. The number of rotatable bonds is 3. The van der Waals surface area contributed by atoms with Crippen LogP contribution in [-0.2, 0) is 5.54 Å². The predicted molar refractivity (Wildman–Crippen MR) is 75.1 cm³/mol. The summed E-state index contributed by atoms with van der Waals surface area (Å²) in [5.41, 5.74) is -0.0191. The predicted octanol–water partition coefficient (Wildman–Crippen LogP) is 2.08. The molecule has 0 saturated carbocycles. The van der Waals surface area contributed by atoms with Crippen molar-refractivity contribution in [3.63, 3.8) is 0 Å². The maximum absolute atomic E-state index is 9.60. The summed E-state index contributed by atoms with van der Waals surface area (Å²) in [6, 6.07) is 6.69. The van der Waals surface area contributed by atoms with Crippen LogP contribution in [0.2, 0.25) is 0 Å². The summed E-state index contributed by atoms with van der Waals surface area (Å²) in [5, 5.41) is 9.60. The second-order valence-electron chi connectivity index (χ2n) is 4.36. The molecule has 1 aliphatic rings. The maximum Gasteiger partial charge on any atom is 0.167 e. The molecule has 3 rings (SSSR count). The summed E-state index contributed by atoms with van der Waals surface area (Å²) >= 11 is 0. The standard InChI is InChI=1S/C15H13N3O2/c1-20-13-10-11(19)4-5-12(13)15(6-2-9-18-15)14-16-7-3-8-17-14/h2-10,19H,1H3. The van der Waals surface area contributed by atoms with Crippen molar-refractivity contribution in [2.45, 2.75) is 5.54 Å². The van der Waals surface area contributed by atoms with E-state index in [-0.39, 0.29) is 5.75 Å². The van der Waals surface area contributed by atoms with Gasteiger partial charge in [-0.15, -0.1) is 0 Å². The zero-order valence-corrected chi connectivity index (χ0v) is 10.9. The molecule has 0 fully saturated rings. The van der Waals surface area contributed by atoms with Gasteiger partial charge in [0.25, 0.3) is 0 Å². The first-order chi connectivity index (χ1) is 9.76. The van der Waals surface area contributed by atoms with Crippen LogP contribution in [0.5, 0.6) is 11.5 Å². The quantitative estimate of drug-likeness (QED) is 0.924. The van der Waals surface area contributed by atoms with E-state index in [0.717, 1.165) is 5.56 Å². The lowest BCUT2D eigenvalue weighted by atomic mass is 9.89. The molecular weight excluding hydrogens is 254 g/mol. The molecule has 0 aliphatic carbocycles. The molecule has 0 spiro atoms. The van der Waals surface area contributed by atoms with Crippen LogP contribution in [0.25, 0.3) is 0 Å². The fourth-order valence-electron chi connectivity index (χ4n) is 2.29. The molecular formula is C15H13N3O2. The van der Waals surface area contributed by atoms with Gasteiger partial charge < -0.3 is 9.84 Å². The molecule has 0 bridgehead atoms. The minimum atomic E-state index is -0.805. The molecule has 5 heteroatoms. The number of allylic oxidation sites excluding steroid dienone is 1. The van der Waals surface area contributed by atoms with E-state index < -0.39 is 5.54 Å². The Hall–Kier alpha value is -2.69. The SMILES string of the molecule is COc1cc(O)ccc1C1(c2ncccn2)C=CC=N1. The van der Waals surface area contributed by atoms with Crippen molar-refractivity contribution in [2.75, 3.05) is 7.11 Å². The first kappa shape index (κ1) is 12.3. The van der Waals surface area contributed by atoms with Gasteiger partial charge in [0.2, 0.25) is 0 Å². The Morgan fingerprint density at radius 1 is 1.20 bits per heavy atom. The smallest absolute Gasteiger partial charge is 0.167 e. The molecule has 1 N–H and O–H groups in total. The minimum absolute atomic E-state index is 0.140. The third kappa shape index (κ3) is 1.84. The first-order valence-corrected chi connectivity index (χ1v) is 6.14. The molecule has 1 aromatic carbocycles. The number of aromatic hydroxyl groups is 1. The second kappa shape index (κ2) is 4.77. The van der Waals surface area contributed by atoms with Crippen LogP contribution in [0.3, 0.4) is 0 Å². The maximum atomic E-state index is 9.60. The zero-order chi connectivity index (χ0) is 14.0. The summed E-state index contributed by atoms with van der Waals surface area (Å²) in [7, 11) is 1.56. The van der Waals surface area contributed by atoms with E-state index in [4.69, 9.17) is 4.74 Å². The molecule has 20 heavy (non-hydrogen) atoms. The highest BCUT2D eigenvalue weighted by molar-refractivity contribution is 5.77. The van der Waals surface area contributed by atoms with Gasteiger partial charge in [-0.3, -0.25) is 4.99 Å². The molecule has 0 amide bonds. The highest BCUT2D eigenvalue weighted by atomic mass is 16.5. The Morgan fingerprint density at radius 2 is 2.00 bits per heavy atom. The number of benzene rings is 1. The van der Waals surface area contributed by atoms with Crippen molar-refractivity contribution in [3.8, 4) is 11.5 Å². The van der Waals surface area contributed by atoms with Crippen molar-refractivity contribution >= 4 is 6.21 Å². The second-order valence-corrected chi connectivity index (χ2v) is 4.36. The number of phenols is 1. The summed E-state index contributed by atoms with van der Waals surface area (Å²) in [5.74, 6) is 1.25. The van der Waals surface area contributed by atoms with Crippen molar-refractivity contribution in [1.82, 2.24) is 9.97 Å². The summed E-state index contributed by atoms with van der Waals surface area (Å²) < 4.78 is 5.36. The van der Waals surface area contributed by atoms with E-state index in [1.54, 1.807) is 50.0 Å². The lowest BCUT2D eigenvalue weighted by Gasteiger charge is -2.25. The van der Waals surface area contributed by atoms with Gasteiger partial charge in [-0.1, -0.05) is 0 Å². The van der Waals surface area contributed by atoms with Gasteiger partial charge in [-0.2, -0.15) is 0 Å². The van der Waals surface area contributed by atoms with Gasteiger partial charge in [0.1, 0.15) is 11.5 Å². The third-order valence-electron chi connectivity index (χ3n) is 3.20. The Labute approximate surface area is 116 Å². The van der Waals surface area contributed by atoms with E-state index in [0.29, 0.717) is 11.6 Å². The molecule has 0 radical (unpaired) electrons. The fourth-order valence-corrected chi connectivity index (χ4v) is 2.29. The fraction of sp³-hybridized carbons (Fsp3) is 0.133. The third-order valence-corrected chi connectivity index (χ3v) is 3.20. The summed E-state index contributed by atoms with van der Waals surface area (Å²) in [4.78, 5) is 13.1. The number of hydrogen-bond acceptors (Lipinski definition) is 5. The molecule has 1 aromatic heterocycles. The van der Waals surface area contributed by atoms with Crippen LogP contribution >= 0.6 is 0 Å². The highest BCUT2D eigenvalue weighted by Gasteiger charge is 2.38. The van der Waals surface area contributed by atoms with Crippen molar-refractivity contribution < 1.29 is 9.84 Å². The van der Waals surface area contributed by atoms with Gasteiger partial charge >= 0.3 is 0 Å². The van der Waals surface area contributed by atoms with Crippen LogP contribution < -0.4 is 4.74 Å². The van der Waals surface area contributed by atoms with Crippen molar-refractivity contribution in [1.29, 1.82) is 0 Å². The van der Waals surface area contributed by atoms with Gasteiger partial charge in [-0.25, -0.2) is 9.97 Å². The summed E-state index contributed by atoms with van der Waals surface area (Å²) in [6.07, 6.45) is 8.83. The number of aliphatic imine (C=N–C) groups is 1. The van der Waals surface area contributed by atoms with Crippen LogP contribution in [0.1, 0.15) is 11.4 Å². The van der Waals surface area contributed by atoms with Gasteiger partial charge in [-0.05, 0) is 30.4 Å². The Morgan fingerprint density at radius 3 is 2.65 bits per heavy atom. The largest absolute Gasteiger partial charge is 0.508 e. The topological polar surface area (TPSA) is 67.6 Å². The Bertz CT molecular complexity index is 669. The average Bonchev–Trinajstić information content (AvgIpc) is 2.98. The van der Waals surface area contributed by atoms with Crippen LogP contribution in [0.15, 0.2) is 53.8 Å². The van der Waals surface area contributed by atoms with Crippen LogP contribution in [-0.4, -0.2) is 28.4 Å². The van der Waals surface area contributed by atoms with Gasteiger partial charge in [0, 0.05) is 30.2 Å². The number of hydrogen-bond donors (Lipinski definition) is 1. The molecule has 1 atom stereocenters. The van der Waals surface area contributed by atoms with E-state index in [2.05, 4.69) is 15.0 Å². The van der Waals surface area contributed by atoms with E-state index >= 15 is 0 Å². The lowest BCUT2D eigenvalue weighted by molar-refractivity contribution is 0.395. The zero-order valence-electron chi connectivity index (χ0n) is 10.9. The minimum Gasteiger partial charge on any atom is -0.508 e.